The molecule has 0 bridgehead atoms. The molecule has 5 heteroatoms. The number of pyridine rings is 2. The lowest BCUT2D eigenvalue weighted by Gasteiger charge is -2.23. The summed E-state index contributed by atoms with van der Waals surface area (Å²) in [7, 11) is 2.18. The van der Waals surface area contributed by atoms with Gasteiger partial charge < -0.3 is 4.40 Å². The van der Waals surface area contributed by atoms with Crippen LogP contribution in [0.1, 0.15) is 75.4 Å². The minimum absolute atomic E-state index is 0.211. The van der Waals surface area contributed by atoms with Crippen LogP contribution in [-0.4, -0.2) is 19.4 Å². The van der Waals surface area contributed by atoms with Gasteiger partial charge in [0.05, 0.1) is 27.3 Å². The molecule has 0 aliphatic rings. The van der Waals surface area contributed by atoms with Crippen molar-refractivity contribution in [1.82, 2.24) is 19.4 Å². The second-order valence-electron chi connectivity index (χ2n) is 14.3. The van der Waals surface area contributed by atoms with Gasteiger partial charge in [0.15, 0.2) is 12.0 Å². The Balaban J connectivity index is 1.81. The summed E-state index contributed by atoms with van der Waals surface area (Å²) in [4.78, 5) is 15.4. The standard InChI is InChI=1S/C37H40N5/c1-19-20(2)22(4)30-27(21(19)3)31-28-23(16-17-41(31)11)18-25(29-24-14-12-13-15-26(24)42(30)32(28)29)33-38-34(36(5,6)7)40-35(39-33)37(8,9)10/h12-18H,1-11H3/q+1. The lowest BCUT2D eigenvalue weighted by Crippen LogP contribution is -2.29. The van der Waals surface area contributed by atoms with Gasteiger partial charge in [-0.25, -0.2) is 19.5 Å². The molecule has 0 aliphatic heterocycles. The molecule has 5 nitrogen and oxygen atoms in total. The fourth-order valence-corrected chi connectivity index (χ4v) is 6.75. The van der Waals surface area contributed by atoms with Crippen LogP contribution in [0.4, 0.5) is 0 Å². The summed E-state index contributed by atoms with van der Waals surface area (Å²) in [5.41, 5.74) is 11.1. The molecule has 0 spiro atoms. The highest BCUT2D eigenvalue weighted by Crippen LogP contribution is 2.46. The van der Waals surface area contributed by atoms with Crippen molar-refractivity contribution in [2.45, 2.75) is 80.1 Å². The van der Waals surface area contributed by atoms with Crippen molar-refractivity contribution in [3.05, 3.63) is 76.5 Å². The molecular formula is C37H40N5+. The number of rotatable bonds is 1. The summed E-state index contributed by atoms with van der Waals surface area (Å²) >= 11 is 0. The number of hydrogen-bond donors (Lipinski definition) is 0. The van der Waals surface area contributed by atoms with E-state index in [0.29, 0.717) is 0 Å². The van der Waals surface area contributed by atoms with Gasteiger partial charge in [0.25, 0.3) is 0 Å². The molecule has 0 saturated heterocycles. The van der Waals surface area contributed by atoms with Gasteiger partial charge in [-0.15, -0.1) is 0 Å². The number of benzene rings is 3. The zero-order chi connectivity index (χ0) is 30.0. The van der Waals surface area contributed by atoms with E-state index >= 15 is 0 Å². The molecule has 0 atom stereocenters. The van der Waals surface area contributed by atoms with Crippen LogP contribution in [0, 0.1) is 27.7 Å². The quantitative estimate of drug-likeness (QED) is 0.116. The van der Waals surface area contributed by atoms with Crippen molar-refractivity contribution in [2.75, 3.05) is 0 Å². The van der Waals surface area contributed by atoms with Crippen LogP contribution in [0.15, 0.2) is 42.6 Å². The van der Waals surface area contributed by atoms with Crippen molar-refractivity contribution in [1.29, 1.82) is 0 Å². The average Bonchev–Trinajstić information content (AvgIpc) is 3.28. The third-order valence-electron chi connectivity index (χ3n) is 9.37. The smallest absolute Gasteiger partial charge is 0.224 e. The Morgan fingerprint density at radius 1 is 0.667 bits per heavy atom. The van der Waals surface area contributed by atoms with Gasteiger partial charge in [-0.1, -0.05) is 59.7 Å². The van der Waals surface area contributed by atoms with Crippen molar-refractivity contribution in [3.63, 3.8) is 0 Å². The minimum Gasteiger partial charge on any atom is -0.307 e. The van der Waals surface area contributed by atoms with Gasteiger partial charge in [0.2, 0.25) is 5.52 Å². The van der Waals surface area contributed by atoms with Crippen LogP contribution in [0.2, 0.25) is 0 Å². The van der Waals surface area contributed by atoms with Crippen molar-refractivity contribution < 1.29 is 4.57 Å². The highest BCUT2D eigenvalue weighted by Gasteiger charge is 2.30. The summed E-state index contributed by atoms with van der Waals surface area (Å²) in [5.74, 6) is 2.40. The van der Waals surface area contributed by atoms with Crippen LogP contribution in [-0.2, 0) is 17.9 Å². The molecule has 0 unspecified atom stereocenters. The van der Waals surface area contributed by atoms with E-state index in [0.717, 1.165) is 23.0 Å². The molecule has 3 aromatic carbocycles. The van der Waals surface area contributed by atoms with Crippen molar-refractivity contribution in [3.8, 4) is 11.4 Å². The zero-order valence-corrected chi connectivity index (χ0v) is 26.8. The fourth-order valence-electron chi connectivity index (χ4n) is 6.75. The molecule has 0 aliphatic carbocycles. The third-order valence-corrected chi connectivity index (χ3v) is 9.37. The fraction of sp³-hybridized carbons (Fsp3) is 0.351. The molecule has 0 radical (unpaired) electrons. The number of aryl methyl sites for hydroxylation is 3. The first-order chi connectivity index (χ1) is 19.7. The topological polar surface area (TPSA) is 47.0 Å². The predicted molar refractivity (Wildman–Crippen MR) is 175 cm³/mol. The molecule has 4 aromatic heterocycles. The van der Waals surface area contributed by atoms with Gasteiger partial charge in [0.1, 0.15) is 18.7 Å². The van der Waals surface area contributed by atoms with E-state index in [4.69, 9.17) is 15.0 Å². The second kappa shape index (κ2) is 8.47. The first kappa shape index (κ1) is 26.8. The van der Waals surface area contributed by atoms with Crippen LogP contribution < -0.4 is 4.57 Å². The van der Waals surface area contributed by atoms with Gasteiger partial charge in [-0.3, -0.25) is 0 Å². The Morgan fingerprint density at radius 3 is 1.93 bits per heavy atom. The predicted octanol–water partition coefficient (Wildman–Crippen LogP) is 8.50. The lowest BCUT2D eigenvalue weighted by atomic mass is 9.90. The molecule has 7 aromatic rings. The summed E-state index contributed by atoms with van der Waals surface area (Å²) < 4.78 is 4.84. The maximum atomic E-state index is 5.18. The summed E-state index contributed by atoms with van der Waals surface area (Å²) in [6.07, 6.45) is 2.20. The van der Waals surface area contributed by atoms with Gasteiger partial charge >= 0.3 is 0 Å². The second-order valence-corrected chi connectivity index (χ2v) is 14.3. The molecule has 0 N–H and O–H groups in total. The van der Waals surface area contributed by atoms with E-state index in [-0.39, 0.29) is 10.8 Å². The largest absolute Gasteiger partial charge is 0.307 e. The van der Waals surface area contributed by atoms with E-state index < -0.39 is 0 Å². The summed E-state index contributed by atoms with van der Waals surface area (Å²) in [6, 6.07) is 13.4. The Bertz CT molecular complexity index is 2220. The van der Waals surface area contributed by atoms with Crippen molar-refractivity contribution >= 4 is 49.0 Å². The number of hydrogen-bond acceptors (Lipinski definition) is 3. The maximum absolute atomic E-state index is 5.18. The normalized spacial score (nSPS) is 13.1. The Hall–Kier alpha value is -4.12. The van der Waals surface area contributed by atoms with E-state index in [1.807, 2.05) is 0 Å². The Kier molecular flexibility index (Phi) is 5.39. The number of aromatic nitrogens is 5. The Morgan fingerprint density at radius 2 is 1.29 bits per heavy atom. The molecule has 4 heterocycles. The average molecular weight is 555 g/mol. The number of nitrogens with zero attached hydrogens (tertiary/aromatic N) is 5. The summed E-state index contributed by atoms with van der Waals surface area (Å²) in [6.45, 7) is 22.2. The van der Waals surface area contributed by atoms with Gasteiger partial charge in [0, 0.05) is 33.2 Å². The highest BCUT2D eigenvalue weighted by molar-refractivity contribution is 6.30. The molecular weight excluding hydrogens is 514 g/mol. The minimum atomic E-state index is -0.211. The molecule has 42 heavy (non-hydrogen) atoms. The van der Waals surface area contributed by atoms with Crippen LogP contribution in [0.3, 0.4) is 0 Å². The van der Waals surface area contributed by atoms with Crippen LogP contribution >= 0.6 is 0 Å². The SMILES string of the molecule is Cc1c(C)c(C)c2c(c1C)c1c3c(cc[n+]1C)cc(-c1nc(C(C)(C)C)nc(C(C)(C)C)n1)c1c4ccccc4n2c13. The van der Waals surface area contributed by atoms with E-state index in [1.165, 1.54) is 71.3 Å². The van der Waals surface area contributed by atoms with E-state index in [2.05, 4.69) is 128 Å². The molecule has 7 rings (SSSR count). The van der Waals surface area contributed by atoms with E-state index in [9.17, 15) is 0 Å². The molecule has 0 saturated carbocycles. The highest BCUT2D eigenvalue weighted by atomic mass is 15.1. The molecule has 0 fully saturated rings. The zero-order valence-electron chi connectivity index (χ0n) is 26.8. The summed E-state index contributed by atoms with van der Waals surface area (Å²) in [5, 5.41) is 6.24. The number of para-hydroxylation sites is 1. The van der Waals surface area contributed by atoms with Crippen LogP contribution in [0.25, 0.3) is 60.4 Å². The molecule has 0 amide bonds. The van der Waals surface area contributed by atoms with Crippen molar-refractivity contribution in [2.24, 2.45) is 7.05 Å². The maximum Gasteiger partial charge on any atom is 0.224 e. The Labute approximate surface area is 247 Å². The third kappa shape index (κ3) is 3.49. The number of fused-ring (bicyclic) bond motifs is 6. The van der Waals surface area contributed by atoms with E-state index in [1.54, 1.807) is 0 Å². The molecule has 212 valence electrons. The first-order valence-corrected chi connectivity index (χ1v) is 15.0. The van der Waals surface area contributed by atoms with Gasteiger partial charge in [-0.05, 0) is 67.5 Å². The van der Waals surface area contributed by atoms with Crippen LogP contribution in [0.5, 0.6) is 0 Å². The van der Waals surface area contributed by atoms with Gasteiger partial charge in [-0.2, -0.15) is 0 Å². The monoisotopic (exact) mass is 554 g/mol. The first-order valence-electron chi connectivity index (χ1n) is 15.0. The lowest BCUT2D eigenvalue weighted by molar-refractivity contribution is -0.643.